The Labute approximate surface area is 106 Å². The summed E-state index contributed by atoms with van der Waals surface area (Å²) >= 11 is 0. The van der Waals surface area contributed by atoms with Gasteiger partial charge in [0.05, 0.1) is 16.6 Å². The summed E-state index contributed by atoms with van der Waals surface area (Å²) in [6, 6.07) is 6.61. The average molecular weight is 245 g/mol. The number of nitrogens with zero attached hydrogens (tertiary/aromatic N) is 2. The molecule has 1 aromatic carbocycles. The molecule has 1 saturated carbocycles. The quantitative estimate of drug-likeness (QED) is 0.653. The van der Waals surface area contributed by atoms with E-state index in [-0.39, 0.29) is 17.1 Å². The van der Waals surface area contributed by atoms with Crippen LogP contribution >= 0.6 is 0 Å². The molecule has 0 radical (unpaired) electrons. The van der Waals surface area contributed by atoms with Crippen LogP contribution in [0.5, 0.6) is 0 Å². The van der Waals surface area contributed by atoms with Gasteiger partial charge in [0.15, 0.2) is 0 Å². The van der Waals surface area contributed by atoms with Crippen molar-refractivity contribution in [3.8, 4) is 6.07 Å². The number of nitriles is 1. The standard InChI is InChI=1S/C13H15N3O2/c1-9(13(2)5-6-13)15-11-4-3-10(8-14)7-12(11)16(17)18/h3-4,7,9,15H,5-6H2,1-2H3. The van der Waals surface area contributed by atoms with Crippen molar-refractivity contribution in [2.75, 3.05) is 5.32 Å². The summed E-state index contributed by atoms with van der Waals surface area (Å²) in [6.45, 7) is 4.20. The second kappa shape index (κ2) is 4.30. The maximum absolute atomic E-state index is 11.0. The summed E-state index contributed by atoms with van der Waals surface area (Å²) in [5.74, 6) is 0. The van der Waals surface area contributed by atoms with Crippen molar-refractivity contribution in [3.63, 3.8) is 0 Å². The molecule has 94 valence electrons. The number of nitrogens with one attached hydrogen (secondary N) is 1. The SMILES string of the molecule is CC(Nc1ccc(C#N)cc1[N+](=O)[O-])C1(C)CC1. The van der Waals surface area contributed by atoms with E-state index in [4.69, 9.17) is 5.26 Å². The zero-order chi connectivity index (χ0) is 13.3. The van der Waals surface area contributed by atoms with Crippen molar-refractivity contribution in [3.05, 3.63) is 33.9 Å². The van der Waals surface area contributed by atoms with Crippen molar-refractivity contribution in [2.45, 2.75) is 32.7 Å². The minimum absolute atomic E-state index is 0.0369. The van der Waals surface area contributed by atoms with Gasteiger partial charge in [0, 0.05) is 12.1 Å². The molecule has 18 heavy (non-hydrogen) atoms. The van der Waals surface area contributed by atoms with Crippen LogP contribution in [0.3, 0.4) is 0 Å². The van der Waals surface area contributed by atoms with Crippen molar-refractivity contribution >= 4 is 11.4 Å². The van der Waals surface area contributed by atoms with E-state index in [1.807, 2.05) is 13.0 Å². The number of nitro groups is 1. The van der Waals surface area contributed by atoms with Gasteiger partial charge in [-0.15, -0.1) is 0 Å². The van der Waals surface area contributed by atoms with Gasteiger partial charge in [-0.25, -0.2) is 0 Å². The number of hydrogen-bond donors (Lipinski definition) is 1. The molecule has 0 saturated heterocycles. The fraction of sp³-hybridized carbons (Fsp3) is 0.462. The van der Waals surface area contributed by atoms with Crippen LogP contribution in [-0.4, -0.2) is 11.0 Å². The van der Waals surface area contributed by atoms with Crippen LogP contribution in [0, 0.1) is 26.9 Å². The Morgan fingerprint density at radius 3 is 2.72 bits per heavy atom. The molecule has 0 heterocycles. The van der Waals surface area contributed by atoms with E-state index < -0.39 is 4.92 Å². The first-order valence-corrected chi connectivity index (χ1v) is 5.91. The van der Waals surface area contributed by atoms with Crippen LogP contribution in [0.25, 0.3) is 0 Å². The average Bonchev–Trinajstić information content (AvgIpc) is 3.09. The number of anilines is 1. The third-order valence-corrected chi connectivity index (χ3v) is 3.78. The van der Waals surface area contributed by atoms with Crippen molar-refractivity contribution in [1.82, 2.24) is 0 Å². The van der Waals surface area contributed by atoms with E-state index in [1.54, 1.807) is 12.1 Å². The van der Waals surface area contributed by atoms with Crippen LogP contribution in [0.2, 0.25) is 0 Å². The highest BCUT2D eigenvalue weighted by Crippen LogP contribution is 2.49. The Bertz CT molecular complexity index is 530. The predicted molar refractivity (Wildman–Crippen MR) is 68.2 cm³/mol. The summed E-state index contributed by atoms with van der Waals surface area (Å²) in [6.07, 6.45) is 2.29. The molecular formula is C13H15N3O2. The van der Waals surface area contributed by atoms with Gasteiger partial charge in [-0.05, 0) is 37.3 Å². The van der Waals surface area contributed by atoms with Gasteiger partial charge >= 0.3 is 0 Å². The van der Waals surface area contributed by atoms with Gasteiger partial charge in [0.1, 0.15) is 5.69 Å². The van der Waals surface area contributed by atoms with Crippen LogP contribution in [-0.2, 0) is 0 Å². The Kier molecular flexibility index (Phi) is 2.95. The van der Waals surface area contributed by atoms with Crippen LogP contribution in [0.15, 0.2) is 18.2 Å². The third kappa shape index (κ3) is 2.28. The largest absolute Gasteiger partial charge is 0.376 e. The van der Waals surface area contributed by atoms with E-state index >= 15 is 0 Å². The lowest BCUT2D eigenvalue weighted by Gasteiger charge is -2.21. The first-order valence-electron chi connectivity index (χ1n) is 5.91. The highest BCUT2D eigenvalue weighted by Gasteiger charge is 2.42. The van der Waals surface area contributed by atoms with Gasteiger partial charge in [-0.2, -0.15) is 5.26 Å². The van der Waals surface area contributed by atoms with Gasteiger partial charge < -0.3 is 5.32 Å². The molecular weight excluding hydrogens is 230 g/mol. The number of nitro benzene ring substituents is 1. The van der Waals surface area contributed by atoms with Crippen molar-refractivity contribution in [2.24, 2.45) is 5.41 Å². The summed E-state index contributed by atoms with van der Waals surface area (Å²) in [4.78, 5) is 10.5. The Morgan fingerprint density at radius 2 is 2.22 bits per heavy atom. The monoisotopic (exact) mass is 245 g/mol. The Balaban J connectivity index is 2.27. The maximum Gasteiger partial charge on any atom is 0.293 e. The lowest BCUT2D eigenvalue weighted by Crippen LogP contribution is -2.25. The zero-order valence-electron chi connectivity index (χ0n) is 10.4. The van der Waals surface area contributed by atoms with Crippen molar-refractivity contribution in [1.29, 1.82) is 5.26 Å². The lowest BCUT2D eigenvalue weighted by molar-refractivity contribution is -0.384. The predicted octanol–water partition coefficient (Wildman–Crippen LogP) is 3.07. The van der Waals surface area contributed by atoms with Crippen LogP contribution in [0.1, 0.15) is 32.3 Å². The molecule has 1 fully saturated rings. The molecule has 2 rings (SSSR count). The Morgan fingerprint density at radius 1 is 1.56 bits per heavy atom. The summed E-state index contributed by atoms with van der Waals surface area (Å²) in [5.41, 5.74) is 0.990. The molecule has 1 atom stereocenters. The molecule has 1 aromatic rings. The molecule has 0 spiro atoms. The van der Waals surface area contributed by atoms with E-state index in [0.717, 1.165) is 12.8 Å². The normalized spacial score (nSPS) is 17.6. The number of hydrogen-bond acceptors (Lipinski definition) is 4. The molecule has 0 aromatic heterocycles. The molecule has 1 aliphatic carbocycles. The van der Waals surface area contributed by atoms with Gasteiger partial charge in [-0.1, -0.05) is 6.92 Å². The number of benzene rings is 1. The van der Waals surface area contributed by atoms with Crippen LogP contribution in [0.4, 0.5) is 11.4 Å². The van der Waals surface area contributed by atoms with E-state index in [9.17, 15) is 10.1 Å². The molecule has 0 aliphatic heterocycles. The maximum atomic E-state index is 11.0. The first kappa shape index (κ1) is 12.4. The molecule has 0 amide bonds. The summed E-state index contributed by atoms with van der Waals surface area (Å²) in [5, 5.41) is 23.0. The second-order valence-corrected chi connectivity index (χ2v) is 5.12. The minimum Gasteiger partial charge on any atom is -0.376 e. The van der Waals surface area contributed by atoms with E-state index in [0.29, 0.717) is 11.3 Å². The fourth-order valence-corrected chi connectivity index (χ4v) is 1.91. The first-order chi connectivity index (χ1) is 8.46. The number of rotatable bonds is 4. The van der Waals surface area contributed by atoms with E-state index in [1.165, 1.54) is 6.07 Å². The fourth-order valence-electron chi connectivity index (χ4n) is 1.91. The molecule has 1 N–H and O–H groups in total. The third-order valence-electron chi connectivity index (χ3n) is 3.78. The van der Waals surface area contributed by atoms with Gasteiger partial charge in [0.25, 0.3) is 5.69 Å². The molecule has 5 nitrogen and oxygen atoms in total. The zero-order valence-corrected chi connectivity index (χ0v) is 10.4. The minimum atomic E-state index is -0.453. The van der Waals surface area contributed by atoms with Crippen molar-refractivity contribution < 1.29 is 4.92 Å². The molecule has 1 aliphatic rings. The van der Waals surface area contributed by atoms with Crippen LogP contribution < -0.4 is 5.32 Å². The highest BCUT2D eigenvalue weighted by molar-refractivity contribution is 5.64. The summed E-state index contributed by atoms with van der Waals surface area (Å²) < 4.78 is 0. The molecule has 1 unspecified atom stereocenters. The smallest absolute Gasteiger partial charge is 0.293 e. The van der Waals surface area contributed by atoms with Gasteiger partial charge in [0.2, 0.25) is 0 Å². The highest BCUT2D eigenvalue weighted by atomic mass is 16.6. The lowest BCUT2D eigenvalue weighted by atomic mass is 10.0. The van der Waals surface area contributed by atoms with E-state index in [2.05, 4.69) is 12.2 Å². The molecule has 5 heteroatoms. The Hall–Kier alpha value is -2.09. The van der Waals surface area contributed by atoms with Gasteiger partial charge in [-0.3, -0.25) is 10.1 Å². The molecule has 0 bridgehead atoms. The summed E-state index contributed by atoms with van der Waals surface area (Å²) in [7, 11) is 0. The topological polar surface area (TPSA) is 79.0 Å². The second-order valence-electron chi connectivity index (χ2n) is 5.12.